The summed E-state index contributed by atoms with van der Waals surface area (Å²) in [5, 5.41) is 9.24. The quantitative estimate of drug-likeness (QED) is 0.847. The Hall–Kier alpha value is -1.68. The second-order valence-corrected chi connectivity index (χ2v) is 6.02. The van der Waals surface area contributed by atoms with Crippen LogP contribution in [-0.4, -0.2) is 40.9 Å². The molecule has 114 valence electrons. The number of benzene rings is 1. The van der Waals surface area contributed by atoms with Crippen molar-refractivity contribution in [2.24, 2.45) is 0 Å². The van der Waals surface area contributed by atoms with Crippen LogP contribution in [0, 0.1) is 0 Å². The lowest BCUT2D eigenvalue weighted by atomic mass is 9.99. The predicted octanol–water partition coefficient (Wildman–Crippen LogP) is 2.93. The van der Waals surface area contributed by atoms with Gasteiger partial charge in [0, 0.05) is 5.56 Å². The molecule has 1 aromatic rings. The number of rotatable bonds is 5. The molecule has 4 nitrogen and oxygen atoms in total. The molecular formula is C17H23NO3. The Morgan fingerprint density at radius 3 is 2.48 bits per heavy atom. The van der Waals surface area contributed by atoms with E-state index in [4.69, 9.17) is 0 Å². The van der Waals surface area contributed by atoms with Gasteiger partial charge in [-0.15, -0.1) is 0 Å². The summed E-state index contributed by atoms with van der Waals surface area (Å²) in [5.74, 6) is -0.385. The highest BCUT2D eigenvalue weighted by Gasteiger charge is 2.29. The molecular weight excluding hydrogens is 266 g/mol. The molecule has 0 bridgehead atoms. The third kappa shape index (κ3) is 3.91. The third-order valence-corrected chi connectivity index (χ3v) is 4.14. The highest BCUT2D eigenvalue weighted by atomic mass is 16.4. The number of nitrogens with zero attached hydrogens (tertiary/aromatic N) is 1. The van der Waals surface area contributed by atoms with Crippen molar-refractivity contribution in [3.05, 3.63) is 35.4 Å². The summed E-state index contributed by atoms with van der Waals surface area (Å²) in [5.41, 5.74) is 1.86. The van der Waals surface area contributed by atoms with Crippen molar-refractivity contribution in [3.8, 4) is 0 Å². The molecule has 2 rings (SSSR count). The first kappa shape index (κ1) is 15.7. The molecule has 21 heavy (non-hydrogen) atoms. The second kappa shape index (κ2) is 6.85. The maximum atomic E-state index is 12.3. The number of aliphatic carboxylic acids is 1. The summed E-state index contributed by atoms with van der Waals surface area (Å²) >= 11 is 0. The van der Waals surface area contributed by atoms with Crippen LogP contribution in [0.15, 0.2) is 24.3 Å². The molecule has 1 saturated heterocycles. The Labute approximate surface area is 125 Å². The topological polar surface area (TPSA) is 57.6 Å². The van der Waals surface area contributed by atoms with E-state index < -0.39 is 12.0 Å². The fourth-order valence-corrected chi connectivity index (χ4v) is 2.79. The average molecular weight is 289 g/mol. The number of likely N-dealkylation sites (tertiary alicyclic amines) is 1. The number of hydrogen-bond donors (Lipinski definition) is 1. The molecule has 1 aliphatic heterocycles. The summed E-state index contributed by atoms with van der Waals surface area (Å²) in [4.78, 5) is 25.4. The van der Waals surface area contributed by atoms with Crippen molar-refractivity contribution in [3.63, 3.8) is 0 Å². The molecule has 1 heterocycles. The maximum Gasteiger partial charge on any atom is 0.320 e. The molecule has 1 fully saturated rings. The van der Waals surface area contributed by atoms with E-state index in [0.717, 1.165) is 12.8 Å². The van der Waals surface area contributed by atoms with E-state index in [9.17, 15) is 14.7 Å². The number of Topliss-reactive ketones (excluding diaryl/α,β-unsaturated/α-hetero) is 1. The van der Waals surface area contributed by atoms with Gasteiger partial charge in [-0.2, -0.15) is 0 Å². The second-order valence-electron chi connectivity index (χ2n) is 6.02. The van der Waals surface area contributed by atoms with Crippen molar-refractivity contribution in [2.75, 3.05) is 13.1 Å². The number of carboxylic acids is 1. The van der Waals surface area contributed by atoms with Crippen molar-refractivity contribution in [1.82, 2.24) is 4.90 Å². The van der Waals surface area contributed by atoms with Crippen molar-refractivity contribution in [2.45, 2.75) is 45.1 Å². The zero-order chi connectivity index (χ0) is 15.4. The lowest BCUT2D eigenvalue weighted by molar-refractivity contribution is -0.144. The van der Waals surface area contributed by atoms with E-state index in [-0.39, 0.29) is 12.3 Å². The van der Waals surface area contributed by atoms with Gasteiger partial charge in [-0.3, -0.25) is 14.5 Å². The molecule has 1 aliphatic rings. The monoisotopic (exact) mass is 289 g/mol. The Balaban J connectivity index is 2.04. The van der Waals surface area contributed by atoms with Crippen LogP contribution >= 0.6 is 0 Å². The highest BCUT2D eigenvalue weighted by Crippen LogP contribution is 2.19. The molecule has 0 saturated carbocycles. The number of piperidine rings is 1. The van der Waals surface area contributed by atoms with Crippen molar-refractivity contribution < 1.29 is 14.7 Å². The summed E-state index contributed by atoms with van der Waals surface area (Å²) in [6.45, 7) is 5.11. The number of ketones is 1. The van der Waals surface area contributed by atoms with Gasteiger partial charge >= 0.3 is 5.97 Å². The van der Waals surface area contributed by atoms with Crippen LogP contribution in [-0.2, 0) is 4.79 Å². The molecule has 0 amide bonds. The van der Waals surface area contributed by atoms with Crippen LogP contribution in [0.3, 0.4) is 0 Å². The molecule has 4 heteroatoms. The first-order valence-corrected chi connectivity index (χ1v) is 7.59. The number of carbonyl (C=O) groups is 2. The number of carbonyl (C=O) groups excluding carboxylic acids is 1. The van der Waals surface area contributed by atoms with Crippen LogP contribution in [0.1, 0.15) is 54.9 Å². The first-order chi connectivity index (χ1) is 9.99. The van der Waals surface area contributed by atoms with Crippen molar-refractivity contribution >= 4 is 11.8 Å². The summed E-state index contributed by atoms with van der Waals surface area (Å²) in [6.07, 6.45) is 2.52. The Morgan fingerprint density at radius 2 is 1.90 bits per heavy atom. The van der Waals surface area contributed by atoms with Gasteiger partial charge in [0.15, 0.2) is 5.78 Å². The van der Waals surface area contributed by atoms with Gasteiger partial charge in [-0.05, 0) is 30.9 Å². The standard InChI is InChI=1S/C17H23NO3/c1-12(2)13-6-8-14(9-7-13)16(19)11-18-10-4-3-5-15(18)17(20)21/h6-9,12,15H,3-5,10-11H2,1-2H3,(H,20,21). The lowest BCUT2D eigenvalue weighted by Gasteiger charge is -2.32. The normalized spacial score (nSPS) is 19.7. The summed E-state index contributed by atoms with van der Waals surface area (Å²) < 4.78 is 0. The fourth-order valence-electron chi connectivity index (χ4n) is 2.79. The van der Waals surface area contributed by atoms with Gasteiger partial charge in [0.1, 0.15) is 6.04 Å². The van der Waals surface area contributed by atoms with Crippen LogP contribution in [0.5, 0.6) is 0 Å². The minimum absolute atomic E-state index is 0.00143. The lowest BCUT2D eigenvalue weighted by Crippen LogP contribution is -2.46. The molecule has 1 aromatic carbocycles. The van der Waals surface area contributed by atoms with Gasteiger partial charge in [0.25, 0.3) is 0 Å². The van der Waals surface area contributed by atoms with E-state index in [1.807, 2.05) is 24.3 Å². The minimum atomic E-state index is -0.822. The Kier molecular flexibility index (Phi) is 5.12. The van der Waals surface area contributed by atoms with E-state index in [1.165, 1.54) is 5.56 Å². The summed E-state index contributed by atoms with van der Waals surface area (Å²) in [6, 6.07) is 7.12. The largest absolute Gasteiger partial charge is 0.480 e. The Morgan fingerprint density at radius 1 is 1.24 bits per heavy atom. The van der Waals surface area contributed by atoms with E-state index in [1.54, 1.807) is 4.90 Å². The van der Waals surface area contributed by atoms with Gasteiger partial charge in [0.05, 0.1) is 6.54 Å². The summed E-state index contributed by atoms with van der Waals surface area (Å²) in [7, 11) is 0. The zero-order valence-electron chi connectivity index (χ0n) is 12.7. The number of carboxylic acid groups (broad SMARTS) is 1. The van der Waals surface area contributed by atoms with Crippen molar-refractivity contribution in [1.29, 1.82) is 0 Å². The van der Waals surface area contributed by atoms with E-state index in [2.05, 4.69) is 13.8 Å². The fraction of sp³-hybridized carbons (Fsp3) is 0.529. The van der Waals surface area contributed by atoms with Crippen LogP contribution in [0.25, 0.3) is 0 Å². The van der Waals surface area contributed by atoms with Gasteiger partial charge < -0.3 is 5.11 Å². The van der Waals surface area contributed by atoms with Gasteiger partial charge in [-0.1, -0.05) is 44.5 Å². The third-order valence-electron chi connectivity index (χ3n) is 4.14. The zero-order valence-corrected chi connectivity index (χ0v) is 12.7. The molecule has 0 spiro atoms. The van der Waals surface area contributed by atoms with Gasteiger partial charge in [-0.25, -0.2) is 0 Å². The molecule has 0 aromatic heterocycles. The first-order valence-electron chi connectivity index (χ1n) is 7.59. The van der Waals surface area contributed by atoms with Crippen LogP contribution in [0.4, 0.5) is 0 Å². The maximum absolute atomic E-state index is 12.3. The SMILES string of the molecule is CC(C)c1ccc(C(=O)CN2CCCCC2C(=O)O)cc1. The molecule has 1 atom stereocenters. The van der Waals surface area contributed by atoms with E-state index >= 15 is 0 Å². The minimum Gasteiger partial charge on any atom is -0.480 e. The molecule has 0 radical (unpaired) electrons. The smallest absolute Gasteiger partial charge is 0.320 e. The highest BCUT2D eigenvalue weighted by molar-refractivity contribution is 5.97. The molecule has 0 aliphatic carbocycles. The van der Waals surface area contributed by atoms with E-state index in [0.29, 0.717) is 24.4 Å². The molecule has 1 unspecified atom stereocenters. The average Bonchev–Trinajstić information content (AvgIpc) is 2.47. The Bertz CT molecular complexity index is 507. The molecule has 1 N–H and O–H groups in total. The van der Waals surface area contributed by atoms with Crippen LogP contribution < -0.4 is 0 Å². The predicted molar refractivity (Wildman–Crippen MR) is 81.7 cm³/mol. The number of hydrogen-bond acceptors (Lipinski definition) is 3. The van der Waals surface area contributed by atoms with Gasteiger partial charge in [0.2, 0.25) is 0 Å². The van der Waals surface area contributed by atoms with Crippen LogP contribution in [0.2, 0.25) is 0 Å².